The van der Waals surface area contributed by atoms with E-state index in [1.807, 2.05) is 14.1 Å². The van der Waals surface area contributed by atoms with Crippen LogP contribution in [0, 0.1) is 0 Å². The molecule has 0 bridgehead atoms. The van der Waals surface area contributed by atoms with Gasteiger partial charge < -0.3 is 4.74 Å². The fraction of sp³-hybridized carbons (Fsp3) is 0.364. The van der Waals surface area contributed by atoms with Gasteiger partial charge in [0.1, 0.15) is 13.0 Å². The summed E-state index contributed by atoms with van der Waals surface area (Å²) in [7, 11) is -1.48. The molecule has 6 heteroatoms. The van der Waals surface area contributed by atoms with Crippen LogP contribution in [-0.2, 0) is 14.6 Å². The molecule has 0 N–H and O–H groups in total. The van der Waals surface area contributed by atoms with Crippen LogP contribution in [0.3, 0.4) is 0 Å². The Kier molecular flexibility index (Phi) is 5.14. The molecule has 0 aliphatic rings. The lowest BCUT2D eigenvalue weighted by molar-refractivity contribution is 0.334. The maximum absolute atomic E-state index is 11.9. The maximum atomic E-state index is 11.9. The van der Waals surface area contributed by atoms with Gasteiger partial charge in [-0.2, -0.15) is 0 Å². The van der Waals surface area contributed by atoms with Gasteiger partial charge in [-0.25, -0.2) is 8.42 Å². The molecule has 0 atom stereocenters. The van der Waals surface area contributed by atoms with Gasteiger partial charge in [0.25, 0.3) is 0 Å². The third kappa shape index (κ3) is 4.13. The lowest BCUT2D eigenvalue weighted by Crippen LogP contribution is -2.18. The maximum Gasteiger partial charge on any atom is 0.186 e. The minimum Gasteiger partial charge on any atom is -0.486 e. The molecule has 1 aromatic carbocycles. The summed E-state index contributed by atoms with van der Waals surface area (Å²) < 4.78 is 28.9. The van der Waals surface area contributed by atoms with Crippen molar-refractivity contribution in [2.45, 2.75) is 18.6 Å². The van der Waals surface area contributed by atoms with E-state index in [-0.39, 0.29) is 15.7 Å². The van der Waals surface area contributed by atoms with Crippen LogP contribution in [0.5, 0.6) is 0 Å². The molecule has 0 aliphatic carbocycles. The number of thiocarbonyl (C=S) groups is 1. The van der Waals surface area contributed by atoms with Crippen molar-refractivity contribution >= 4 is 39.8 Å². The van der Waals surface area contributed by atoms with Gasteiger partial charge in [0.05, 0.1) is 11.5 Å². The molecule has 0 aromatic heterocycles. The standard InChI is InChI=1S/C11H14BO3S2/c1-3-15-11(16)8-17(13,14)10-6-4-9(12-2)5-7-10/h4-7H,3,8H2,1-2H3. The van der Waals surface area contributed by atoms with E-state index in [2.05, 4.69) is 0 Å². The minimum atomic E-state index is -3.39. The molecule has 91 valence electrons. The van der Waals surface area contributed by atoms with Crippen LogP contribution in [0.2, 0.25) is 6.82 Å². The summed E-state index contributed by atoms with van der Waals surface area (Å²) in [6.07, 6.45) is 0. The molecule has 1 rings (SSSR count). The molecule has 0 aliphatic heterocycles. The van der Waals surface area contributed by atoms with E-state index in [1.54, 1.807) is 31.2 Å². The Balaban J connectivity index is 2.85. The first-order valence-corrected chi connectivity index (χ1v) is 7.33. The number of hydrogen-bond acceptors (Lipinski definition) is 4. The van der Waals surface area contributed by atoms with Crippen LogP contribution < -0.4 is 5.46 Å². The van der Waals surface area contributed by atoms with Crippen molar-refractivity contribution in [3.05, 3.63) is 24.3 Å². The Labute approximate surface area is 108 Å². The molecule has 0 fully saturated rings. The van der Waals surface area contributed by atoms with Gasteiger partial charge in [-0.15, -0.1) is 0 Å². The van der Waals surface area contributed by atoms with Gasteiger partial charge in [0.15, 0.2) is 14.9 Å². The average Bonchev–Trinajstić information content (AvgIpc) is 2.28. The minimum absolute atomic E-state index is 0.110. The molecular weight excluding hydrogens is 255 g/mol. The number of benzene rings is 1. The van der Waals surface area contributed by atoms with Crippen molar-refractivity contribution in [1.82, 2.24) is 0 Å². The van der Waals surface area contributed by atoms with E-state index >= 15 is 0 Å². The predicted molar refractivity (Wildman–Crippen MR) is 74.0 cm³/mol. The number of sulfone groups is 1. The highest BCUT2D eigenvalue weighted by atomic mass is 32.2. The molecule has 0 amide bonds. The van der Waals surface area contributed by atoms with Crippen molar-refractivity contribution in [2.75, 3.05) is 12.4 Å². The summed E-state index contributed by atoms with van der Waals surface area (Å²) in [5.41, 5.74) is 0.983. The normalized spacial score (nSPS) is 10.9. The van der Waals surface area contributed by atoms with E-state index in [0.29, 0.717) is 6.61 Å². The van der Waals surface area contributed by atoms with Crippen LogP contribution in [-0.4, -0.2) is 33.1 Å². The van der Waals surface area contributed by atoms with Crippen molar-refractivity contribution in [1.29, 1.82) is 0 Å². The summed E-state index contributed by atoms with van der Waals surface area (Å²) in [5, 5.41) is 0.110. The Morgan fingerprint density at radius 2 is 1.94 bits per heavy atom. The van der Waals surface area contributed by atoms with Crippen molar-refractivity contribution in [3.8, 4) is 0 Å². The van der Waals surface area contributed by atoms with Gasteiger partial charge in [-0.3, -0.25) is 0 Å². The van der Waals surface area contributed by atoms with Gasteiger partial charge in [0, 0.05) is 0 Å². The zero-order valence-corrected chi connectivity index (χ0v) is 11.5. The van der Waals surface area contributed by atoms with E-state index < -0.39 is 9.84 Å². The summed E-state index contributed by atoms with van der Waals surface area (Å²) in [4.78, 5) is 0.269. The van der Waals surface area contributed by atoms with Crippen molar-refractivity contribution < 1.29 is 13.2 Å². The Morgan fingerprint density at radius 1 is 1.35 bits per heavy atom. The van der Waals surface area contributed by atoms with E-state index in [0.717, 1.165) is 5.46 Å². The Morgan fingerprint density at radius 3 is 2.41 bits per heavy atom. The van der Waals surface area contributed by atoms with Crippen LogP contribution in [0.15, 0.2) is 29.2 Å². The summed E-state index contributed by atoms with van der Waals surface area (Å²) in [6.45, 7) is 4.05. The molecule has 3 nitrogen and oxygen atoms in total. The second kappa shape index (κ2) is 6.16. The SMILES string of the molecule is C[B]c1ccc(S(=O)(=O)CC(=S)OCC)cc1. The first kappa shape index (κ1) is 14.2. The van der Waals surface area contributed by atoms with Gasteiger partial charge in [-0.1, -0.05) is 24.4 Å². The van der Waals surface area contributed by atoms with Gasteiger partial charge >= 0.3 is 0 Å². The molecule has 0 unspecified atom stereocenters. The Hall–Kier alpha value is -0.875. The van der Waals surface area contributed by atoms with Crippen molar-refractivity contribution in [2.24, 2.45) is 0 Å². The second-order valence-corrected chi connectivity index (χ2v) is 5.87. The molecule has 0 saturated carbocycles. The number of hydrogen-bond donors (Lipinski definition) is 0. The van der Waals surface area contributed by atoms with Crippen LogP contribution in [0.4, 0.5) is 0 Å². The molecular formula is C11H14BO3S2. The highest BCUT2D eigenvalue weighted by molar-refractivity contribution is 7.93. The first-order chi connectivity index (χ1) is 7.99. The lowest BCUT2D eigenvalue weighted by atomic mass is 9.74. The van der Waals surface area contributed by atoms with E-state index in [9.17, 15) is 8.42 Å². The first-order valence-electron chi connectivity index (χ1n) is 5.27. The van der Waals surface area contributed by atoms with Gasteiger partial charge in [-0.05, 0) is 31.3 Å². The fourth-order valence-corrected chi connectivity index (χ4v) is 3.00. The van der Waals surface area contributed by atoms with Crippen molar-refractivity contribution in [3.63, 3.8) is 0 Å². The average molecular weight is 269 g/mol. The van der Waals surface area contributed by atoms with E-state index in [4.69, 9.17) is 17.0 Å². The molecule has 1 aromatic rings. The molecule has 0 spiro atoms. The Bertz CT molecular complexity index is 480. The molecule has 17 heavy (non-hydrogen) atoms. The zero-order chi connectivity index (χ0) is 12.9. The topological polar surface area (TPSA) is 43.4 Å². The summed E-state index contributed by atoms with van der Waals surface area (Å²) >= 11 is 4.84. The zero-order valence-electron chi connectivity index (χ0n) is 9.84. The van der Waals surface area contributed by atoms with Crippen LogP contribution >= 0.6 is 12.2 Å². The predicted octanol–water partition coefficient (Wildman–Crippen LogP) is 1.20. The number of rotatable bonds is 5. The number of ether oxygens (including phenoxy) is 1. The summed E-state index contributed by atoms with van der Waals surface area (Å²) in [6, 6.07) is 6.69. The third-order valence-electron chi connectivity index (χ3n) is 2.19. The molecule has 0 heterocycles. The quantitative estimate of drug-likeness (QED) is 0.595. The highest BCUT2D eigenvalue weighted by Crippen LogP contribution is 2.10. The summed E-state index contributed by atoms with van der Waals surface area (Å²) in [5.74, 6) is -0.245. The molecule has 0 saturated heterocycles. The highest BCUT2D eigenvalue weighted by Gasteiger charge is 2.17. The van der Waals surface area contributed by atoms with Gasteiger partial charge in [0.2, 0.25) is 0 Å². The largest absolute Gasteiger partial charge is 0.486 e. The molecule has 1 radical (unpaired) electrons. The van der Waals surface area contributed by atoms with Crippen LogP contribution in [0.1, 0.15) is 6.92 Å². The lowest BCUT2D eigenvalue weighted by Gasteiger charge is -2.07. The fourth-order valence-electron chi connectivity index (χ4n) is 1.31. The second-order valence-electron chi connectivity index (χ2n) is 3.42. The smallest absolute Gasteiger partial charge is 0.186 e. The third-order valence-corrected chi connectivity index (χ3v) is 4.26. The monoisotopic (exact) mass is 269 g/mol. The van der Waals surface area contributed by atoms with Crippen LogP contribution in [0.25, 0.3) is 0 Å². The van der Waals surface area contributed by atoms with E-state index in [1.165, 1.54) is 0 Å².